The Morgan fingerprint density at radius 2 is 1.12 bits per heavy atom. The van der Waals surface area contributed by atoms with Crippen LogP contribution in [0.1, 0.15) is 25.7 Å². The van der Waals surface area contributed by atoms with E-state index in [9.17, 15) is 0 Å². The van der Waals surface area contributed by atoms with Crippen molar-refractivity contribution in [2.24, 2.45) is 5.73 Å². The van der Waals surface area contributed by atoms with E-state index >= 15 is 0 Å². The molecule has 4 rings (SSSR count). The molecule has 4 N–H and O–H groups in total. The van der Waals surface area contributed by atoms with E-state index in [1.807, 2.05) is 16.9 Å². The second kappa shape index (κ2) is 13.0. The minimum Gasteiger partial charge on any atom is -0.329 e. The molecular weight excluding hydrogens is 420 g/mol. The molecular formula is C28H36N6. The standard InChI is InChI=1S/C28H36N6/c29-17-19-31-21-20-30-18-9-1-2-10-22-34-32-27-25(23-11-5-3-6-12-23)15-16-26(28(27)33-34)24-13-7-4-8-14-24/h3-8,11-16,30-31H,1-2,9-10,17-22,29H2. The van der Waals surface area contributed by atoms with E-state index in [-0.39, 0.29) is 0 Å². The van der Waals surface area contributed by atoms with Crippen LogP contribution >= 0.6 is 0 Å². The van der Waals surface area contributed by atoms with Crippen LogP contribution in [0.5, 0.6) is 0 Å². The predicted molar refractivity (Wildman–Crippen MR) is 142 cm³/mol. The monoisotopic (exact) mass is 456 g/mol. The summed E-state index contributed by atoms with van der Waals surface area (Å²) in [7, 11) is 0. The highest BCUT2D eigenvalue weighted by atomic mass is 15.5. The predicted octanol–water partition coefficient (Wildman–Crippen LogP) is 4.46. The van der Waals surface area contributed by atoms with E-state index in [1.54, 1.807) is 0 Å². The Hall–Kier alpha value is -3.06. The second-order valence-corrected chi connectivity index (χ2v) is 8.59. The molecule has 0 fully saturated rings. The van der Waals surface area contributed by atoms with Crippen molar-refractivity contribution >= 4 is 11.0 Å². The number of hydrogen-bond donors (Lipinski definition) is 3. The largest absolute Gasteiger partial charge is 0.329 e. The van der Waals surface area contributed by atoms with Crippen molar-refractivity contribution in [3.63, 3.8) is 0 Å². The summed E-state index contributed by atoms with van der Waals surface area (Å²) in [5.41, 5.74) is 12.0. The molecule has 0 saturated heterocycles. The van der Waals surface area contributed by atoms with Crippen LogP contribution in [0.15, 0.2) is 72.8 Å². The fraction of sp³-hybridized carbons (Fsp3) is 0.357. The van der Waals surface area contributed by atoms with Crippen molar-refractivity contribution in [2.45, 2.75) is 32.2 Å². The lowest BCUT2D eigenvalue weighted by molar-refractivity contribution is 0.487. The Morgan fingerprint density at radius 1 is 0.588 bits per heavy atom. The molecule has 0 aliphatic rings. The van der Waals surface area contributed by atoms with Gasteiger partial charge in [0.15, 0.2) is 0 Å². The van der Waals surface area contributed by atoms with Crippen molar-refractivity contribution in [3.8, 4) is 22.3 Å². The van der Waals surface area contributed by atoms with Gasteiger partial charge < -0.3 is 16.4 Å². The number of benzene rings is 3. The van der Waals surface area contributed by atoms with Gasteiger partial charge in [0.05, 0.1) is 6.54 Å². The smallest absolute Gasteiger partial charge is 0.121 e. The van der Waals surface area contributed by atoms with Gasteiger partial charge in [-0.2, -0.15) is 15.0 Å². The van der Waals surface area contributed by atoms with Gasteiger partial charge in [-0.25, -0.2) is 0 Å². The lowest BCUT2D eigenvalue weighted by Gasteiger charge is -2.06. The lowest BCUT2D eigenvalue weighted by Crippen LogP contribution is -2.31. The summed E-state index contributed by atoms with van der Waals surface area (Å²) >= 11 is 0. The molecule has 0 saturated carbocycles. The van der Waals surface area contributed by atoms with Crippen molar-refractivity contribution in [3.05, 3.63) is 72.8 Å². The molecule has 0 aliphatic carbocycles. The summed E-state index contributed by atoms with van der Waals surface area (Å²) in [4.78, 5) is 1.89. The molecule has 34 heavy (non-hydrogen) atoms. The number of rotatable bonds is 14. The third-order valence-corrected chi connectivity index (χ3v) is 6.01. The van der Waals surface area contributed by atoms with Crippen LogP contribution in [0, 0.1) is 0 Å². The first-order chi connectivity index (χ1) is 16.9. The molecule has 0 aliphatic heterocycles. The van der Waals surface area contributed by atoms with Crippen LogP contribution in [0.25, 0.3) is 33.3 Å². The number of nitrogens with two attached hydrogens (primary N) is 1. The summed E-state index contributed by atoms with van der Waals surface area (Å²) < 4.78 is 0. The highest BCUT2D eigenvalue weighted by Crippen LogP contribution is 2.33. The van der Waals surface area contributed by atoms with E-state index in [2.05, 4.69) is 71.3 Å². The molecule has 178 valence electrons. The first-order valence-electron chi connectivity index (χ1n) is 12.5. The van der Waals surface area contributed by atoms with Gasteiger partial charge in [0.1, 0.15) is 11.0 Å². The molecule has 6 nitrogen and oxygen atoms in total. The van der Waals surface area contributed by atoms with Crippen molar-refractivity contribution in [1.29, 1.82) is 0 Å². The van der Waals surface area contributed by atoms with E-state index in [1.165, 1.54) is 30.4 Å². The Kier molecular flexibility index (Phi) is 9.20. The van der Waals surface area contributed by atoms with Gasteiger partial charge in [0.25, 0.3) is 0 Å². The minimum atomic E-state index is 0.696. The molecule has 1 aromatic heterocycles. The Bertz CT molecular complexity index is 1050. The van der Waals surface area contributed by atoms with Crippen molar-refractivity contribution in [1.82, 2.24) is 25.6 Å². The first-order valence-corrected chi connectivity index (χ1v) is 12.5. The molecule has 0 bridgehead atoms. The average molecular weight is 457 g/mol. The number of nitrogens with zero attached hydrogens (tertiary/aromatic N) is 3. The van der Waals surface area contributed by atoms with Crippen LogP contribution in [-0.4, -0.2) is 47.7 Å². The van der Waals surface area contributed by atoms with Crippen LogP contribution < -0.4 is 16.4 Å². The van der Waals surface area contributed by atoms with E-state index < -0.39 is 0 Å². The fourth-order valence-electron chi connectivity index (χ4n) is 4.22. The molecule has 0 unspecified atom stereocenters. The molecule has 0 atom stereocenters. The second-order valence-electron chi connectivity index (χ2n) is 8.59. The third kappa shape index (κ3) is 6.50. The maximum Gasteiger partial charge on any atom is 0.121 e. The Balaban J connectivity index is 1.38. The summed E-state index contributed by atoms with van der Waals surface area (Å²) in [5.74, 6) is 0. The fourth-order valence-corrected chi connectivity index (χ4v) is 4.22. The van der Waals surface area contributed by atoms with Gasteiger partial charge >= 0.3 is 0 Å². The number of nitrogens with one attached hydrogen (secondary N) is 2. The van der Waals surface area contributed by atoms with Crippen LogP contribution in [0.3, 0.4) is 0 Å². The topological polar surface area (TPSA) is 80.8 Å². The van der Waals surface area contributed by atoms with Gasteiger partial charge in [-0.15, -0.1) is 0 Å². The van der Waals surface area contributed by atoms with Crippen LogP contribution in [0.4, 0.5) is 0 Å². The van der Waals surface area contributed by atoms with Gasteiger partial charge in [-0.3, -0.25) is 0 Å². The minimum absolute atomic E-state index is 0.696. The lowest BCUT2D eigenvalue weighted by atomic mass is 9.98. The normalized spacial score (nSPS) is 11.3. The highest BCUT2D eigenvalue weighted by molar-refractivity contribution is 6.00. The quantitative estimate of drug-likeness (QED) is 0.244. The average Bonchev–Trinajstić information content (AvgIpc) is 3.32. The van der Waals surface area contributed by atoms with E-state index in [0.717, 1.165) is 61.3 Å². The summed E-state index contributed by atoms with van der Waals surface area (Å²) in [5, 5.41) is 16.7. The van der Waals surface area contributed by atoms with Gasteiger partial charge in [0.2, 0.25) is 0 Å². The van der Waals surface area contributed by atoms with E-state index in [0.29, 0.717) is 6.54 Å². The molecule has 0 spiro atoms. The zero-order valence-electron chi connectivity index (χ0n) is 19.9. The number of hydrogen-bond acceptors (Lipinski definition) is 5. The van der Waals surface area contributed by atoms with E-state index in [4.69, 9.17) is 15.9 Å². The van der Waals surface area contributed by atoms with Gasteiger partial charge in [0, 0.05) is 37.3 Å². The molecule has 1 heterocycles. The van der Waals surface area contributed by atoms with Crippen molar-refractivity contribution in [2.75, 3.05) is 32.7 Å². The molecule has 0 amide bonds. The summed E-state index contributed by atoms with van der Waals surface area (Å²) in [6.07, 6.45) is 4.68. The van der Waals surface area contributed by atoms with Gasteiger partial charge in [-0.1, -0.05) is 85.6 Å². The van der Waals surface area contributed by atoms with Gasteiger partial charge in [-0.05, 0) is 30.5 Å². The number of unbranched alkanes of at least 4 members (excludes halogenated alkanes) is 3. The molecule has 0 radical (unpaired) electrons. The SMILES string of the molecule is NCCNCCNCCCCCCn1nc2c(-c3ccccc3)ccc(-c3ccccc3)c2n1. The third-order valence-electron chi connectivity index (χ3n) is 6.01. The number of fused-ring (bicyclic) bond motifs is 1. The summed E-state index contributed by atoms with van der Waals surface area (Å²) in [6, 6.07) is 25.3. The number of aromatic nitrogens is 3. The maximum atomic E-state index is 5.48. The van der Waals surface area contributed by atoms with Crippen LogP contribution in [0.2, 0.25) is 0 Å². The van der Waals surface area contributed by atoms with Crippen molar-refractivity contribution < 1.29 is 0 Å². The Morgan fingerprint density at radius 3 is 1.68 bits per heavy atom. The summed E-state index contributed by atoms with van der Waals surface area (Å²) in [6.45, 7) is 5.46. The maximum absolute atomic E-state index is 5.48. The zero-order valence-corrected chi connectivity index (χ0v) is 19.9. The first kappa shape index (κ1) is 24.1. The highest BCUT2D eigenvalue weighted by Gasteiger charge is 2.15. The molecule has 3 aromatic carbocycles. The molecule has 6 heteroatoms. The number of aryl methyl sites for hydroxylation is 1. The van der Waals surface area contributed by atoms with Crippen LogP contribution in [-0.2, 0) is 6.54 Å². The Labute approximate surface area is 202 Å². The molecule has 4 aromatic rings. The zero-order chi connectivity index (χ0) is 23.4.